The topological polar surface area (TPSA) is 94.2 Å². The van der Waals surface area contributed by atoms with Crippen LogP contribution in [0.1, 0.15) is 16.7 Å². The minimum atomic E-state index is -0.869. The molecule has 1 aliphatic rings. The summed E-state index contributed by atoms with van der Waals surface area (Å²) in [5.74, 6) is -0.377. The van der Waals surface area contributed by atoms with Crippen LogP contribution in [0.2, 0.25) is 15.1 Å². The van der Waals surface area contributed by atoms with Gasteiger partial charge in [-0.3, -0.25) is 14.9 Å². The number of benzene rings is 4. The molecule has 1 aliphatic heterocycles. The molecule has 4 aromatic carbocycles. The maximum absolute atomic E-state index is 13.4. The molecule has 0 spiro atoms. The lowest BCUT2D eigenvalue weighted by atomic mass is 10.1. The highest BCUT2D eigenvalue weighted by Gasteiger charge is 2.37. The molecule has 44 heavy (non-hydrogen) atoms. The Morgan fingerprint density at radius 1 is 0.841 bits per heavy atom. The highest BCUT2D eigenvalue weighted by Crippen LogP contribution is 2.38. The lowest BCUT2D eigenvalue weighted by Gasteiger charge is -2.26. The molecule has 0 saturated carbocycles. The fraction of sp³-hybridized carbons (Fsp3) is 0.0938. The molecule has 1 saturated heterocycles. The van der Waals surface area contributed by atoms with E-state index in [0.29, 0.717) is 42.4 Å². The molecule has 0 atom stereocenters. The molecule has 1 N–H and O–H groups in total. The summed E-state index contributed by atoms with van der Waals surface area (Å²) < 4.78 is 17.8. The van der Waals surface area contributed by atoms with Crippen LogP contribution in [0.4, 0.5) is 10.5 Å². The number of barbiturate groups is 1. The second-order valence-electron chi connectivity index (χ2n) is 9.40. The fourth-order valence-corrected chi connectivity index (χ4v) is 5.36. The molecule has 1 heterocycles. The first-order chi connectivity index (χ1) is 21.1. The van der Waals surface area contributed by atoms with Gasteiger partial charge in [-0.1, -0.05) is 59.1 Å². The predicted molar refractivity (Wildman–Crippen MR) is 173 cm³/mol. The summed E-state index contributed by atoms with van der Waals surface area (Å²) in [6, 6.07) is 21.2. The Hall–Kier alpha value is -4.02. The first-order valence-electron chi connectivity index (χ1n) is 13.0. The zero-order valence-corrected chi connectivity index (χ0v) is 26.8. The summed E-state index contributed by atoms with van der Waals surface area (Å²) >= 11 is 21.8. The standard InChI is InChI=1S/C32H22BrCl3N2O6/c1-42-28-15-19(13-24(33)29(28)44-16-18-6-11-26(35)27(36)14-18)12-23-30(39)37-32(41)38(31(23)40)21-7-9-22(10-8-21)43-17-20-4-2-3-5-25(20)34/h2-15H,16-17H2,1H3,(H,37,39,41)/b23-12+. The van der Waals surface area contributed by atoms with Crippen LogP contribution in [0.3, 0.4) is 0 Å². The Morgan fingerprint density at radius 3 is 2.30 bits per heavy atom. The van der Waals surface area contributed by atoms with E-state index >= 15 is 0 Å². The lowest BCUT2D eigenvalue weighted by molar-refractivity contribution is -0.122. The minimum absolute atomic E-state index is 0.175. The van der Waals surface area contributed by atoms with Crippen LogP contribution in [-0.2, 0) is 22.8 Å². The molecule has 224 valence electrons. The van der Waals surface area contributed by atoms with Crippen molar-refractivity contribution in [2.45, 2.75) is 13.2 Å². The van der Waals surface area contributed by atoms with Crippen molar-refractivity contribution in [1.29, 1.82) is 0 Å². The number of nitrogens with one attached hydrogen (secondary N) is 1. The van der Waals surface area contributed by atoms with Crippen molar-refractivity contribution >= 4 is 80.3 Å². The highest BCUT2D eigenvalue weighted by atomic mass is 79.9. The van der Waals surface area contributed by atoms with Gasteiger partial charge in [0.05, 0.1) is 27.3 Å². The molecule has 0 aliphatic carbocycles. The fourth-order valence-electron chi connectivity index (χ4n) is 4.27. The molecule has 4 aromatic rings. The molecular formula is C32H22BrCl3N2O6. The summed E-state index contributed by atoms with van der Waals surface area (Å²) in [6.07, 6.45) is 1.37. The Bertz CT molecular complexity index is 1800. The third kappa shape index (κ3) is 7.03. The average Bonchev–Trinajstić information content (AvgIpc) is 3.00. The van der Waals surface area contributed by atoms with E-state index in [1.807, 2.05) is 18.2 Å². The number of imide groups is 2. The van der Waals surface area contributed by atoms with Crippen LogP contribution in [0, 0.1) is 0 Å². The van der Waals surface area contributed by atoms with Crippen LogP contribution in [0.25, 0.3) is 6.08 Å². The third-order valence-corrected chi connectivity index (χ3v) is 8.18. The number of anilines is 1. The first kappa shape index (κ1) is 31.4. The van der Waals surface area contributed by atoms with Crippen molar-refractivity contribution in [3.8, 4) is 17.2 Å². The van der Waals surface area contributed by atoms with Crippen LogP contribution in [-0.4, -0.2) is 25.0 Å². The largest absolute Gasteiger partial charge is 0.493 e. The van der Waals surface area contributed by atoms with Gasteiger partial charge < -0.3 is 14.2 Å². The number of hydrogen-bond donors (Lipinski definition) is 1. The second kappa shape index (κ2) is 13.7. The van der Waals surface area contributed by atoms with Gasteiger partial charge in [-0.25, -0.2) is 9.69 Å². The number of methoxy groups -OCH3 is 1. The first-order valence-corrected chi connectivity index (χ1v) is 14.9. The molecule has 5 rings (SSSR count). The summed E-state index contributed by atoms with van der Waals surface area (Å²) in [6.45, 7) is 0.413. The number of carbonyl (C=O) groups is 3. The number of amides is 4. The number of ether oxygens (including phenoxy) is 3. The van der Waals surface area contributed by atoms with E-state index in [0.717, 1.165) is 16.0 Å². The maximum Gasteiger partial charge on any atom is 0.335 e. The Labute approximate surface area is 276 Å². The summed E-state index contributed by atoms with van der Waals surface area (Å²) in [5, 5.41) is 3.64. The summed E-state index contributed by atoms with van der Waals surface area (Å²) in [4.78, 5) is 39.8. The zero-order valence-electron chi connectivity index (χ0n) is 22.9. The van der Waals surface area contributed by atoms with Gasteiger partial charge in [0, 0.05) is 10.6 Å². The van der Waals surface area contributed by atoms with Gasteiger partial charge >= 0.3 is 6.03 Å². The molecule has 12 heteroatoms. The van der Waals surface area contributed by atoms with Crippen LogP contribution in [0.5, 0.6) is 17.2 Å². The van der Waals surface area contributed by atoms with Crippen molar-refractivity contribution in [1.82, 2.24) is 5.32 Å². The molecule has 1 fully saturated rings. The molecule has 0 radical (unpaired) electrons. The van der Waals surface area contributed by atoms with Gasteiger partial charge in [-0.15, -0.1) is 0 Å². The number of carbonyl (C=O) groups excluding carboxylic acids is 3. The summed E-state index contributed by atoms with van der Waals surface area (Å²) in [7, 11) is 1.46. The Kier molecular flexibility index (Phi) is 9.80. The SMILES string of the molecule is COc1cc(/C=C2\C(=O)NC(=O)N(c3ccc(OCc4ccccc4Cl)cc3)C2=O)cc(Br)c1OCc1ccc(Cl)c(Cl)c1. The smallest absolute Gasteiger partial charge is 0.335 e. The van der Waals surface area contributed by atoms with Gasteiger partial charge in [0.15, 0.2) is 11.5 Å². The lowest BCUT2D eigenvalue weighted by Crippen LogP contribution is -2.54. The monoisotopic (exact) mass is 714 g/mol. The van der Waals surface area contributed by atoms with E-state index in [1.165, 1.54) is 13.2 Å². The predicted octanol–water partition coefficient (Wildman–Crippen LogP) is 8.24. The van der Waals surface area contributed by atoms with E-state index < -0.39 is 17.8 Å². The highest BCUT2D eigenvalue weighted by molar-refractivity contribution is 9.10. The van der Waals surface area contributed by atoms with E-state index in [2.05, 4.69) is 21.2 Å². The van der Waals surface area contributed by atoms with Crippen molar-refractivity contribution in [3.05, 3.63) is 121 Å². The van der Waals surface area contributed by atoms with E-state index in [-0.39, 0.29) is 24.5 Å². The van der Waals surface area contributed by atoms with Gasteiger partial charge in [0.25, 0.3) is 11.8 Å². The normalized spacial score (nSPS) is 14.1. The summed E-state index contributed by atoms with van der Waals surface area (Å²) in [5.41, 5.74) is 2.05. The Balaban J connectivity index is 1.34. The van der Waals surface area contributed by atoms with Gasteiger partial charge in [-0.05, 0) is 87.7 Å². The molecule has 4 amide bonds. The number of rotatable bonds is 9. The minimum Gasteiger partial charge on any atom is -0.493 e. The van der Waals surface area contributed by atoms with E-state index in [4.69, 9.17) is 49.0 Å². The van der Waals surface area contributed by atoms with Crippen LogP contribution < -0.4 is 24.4 Å². The van der Waals surface area contributed by atoms with Gasteiger partial charge in [-0.2, -0.15) is 0 Å². The molecule has 0 bridgehead atoms. The van der Waals surface area contributed by atoms with Gasteiger partial charge in [0.2, 0.25) is 0 Å². The maximum atomic E-state index is 13.4. The number of halogens is 4. The number of nitrogens with zero attached hydrogens (tertiary/aromatic N) is 1. The molecule has 0 aromatic heterocycles. The van der Waals surface area contributed by atoms with Crippen LogP contribution in [0.15, 0.2) is 88.9 Å². The van der Waals surface area contributed by atoms with E-state index in [9.17, 15) is 14.4 Å². The van der Waals surface area contributed by atoms with Crippen molar-refractivity contribution < 1.29 is 28.6 Å². The Morgan fingerprint density at radius 2 is 1.59 bits per heavy atom. The average molecular weight is 717 g/mol. The van der Waals surface area contributed by atoms with Crippen LogP contribution >= 0.6 is 50.7 Å². The van der Waals surface area contributed by atoms with Crippen molar-refractivity contribution in [2.24, 2.45) is 0 Å². The van der Waals surface area contributed by atoms with E-state index in [1.54, 1.807) is 60.7 Å². The third-order valence-electron chi connectivity index (χ3n) is 6.48. The quantitative estimate of drug-likeness (QED) is 0.139. The van der Waals surface area contributed by atoms with Gasteiger partial charge in [0.1, 0.15) is 24.5 Å². The van der Waals surface area contributed by atoms with Crippen molar-refractivity contribution in [3.63, 3.8) is 0 Å². The molecule has 0 unspecified atom stereocenters. The zero-order chi connectivity index (χ0) is 31.4. The number of urea groups is 1. The van der Waals surface area contributed by atoms with Crippen molar-refractivity contribution in [2.75, 3.05) is 12.0 Å². The second-order valence-corrected chi connectivity index (χ2v) is 11.5. The molecule has 8 nitrogen and oxygen atoms in total. The number of hydrogen-bond acceptors (Lipinski definition) is 6. The molecular weight excluding hydrogens is 695 g/mol.